The molecule has 118 valence electrons. The Labute approximate surface area is 137 Å². The largest absolute Gasteiger partial charge is 0.359 e. The molecule has 0 atom stereocenters. The molecule has 22 heavy (non-hydrogen) atoms. The number of carbonyl (C=O) groups excluding carboxylic acids is 1. The van der Waals surface area contributed by atoms with Crippen molar-refractivity contribution in [3.63, 3.8) is 0 Å². The maximum atomic E-state index is 12.3. The molecule has 0 aliphatic carbocycles. The lowest BCUT2D eigenvalue weighted by molar-refractivity contribution is -0.380. The lowest BCUT2D eigenvalue weighted by atomic mass is 10.3. The molecule has 1 aliphatic rings. The van der Waals surface area contributed by atoms with Gasteiger partial charge in [0.25, 0.3) is 5.91 Å². The average Bonchev–Trinajstić information content (AvgIpc) is 3.02. The summed E-state index contributed by atoms with van der Waals surface area (Å²) in [5.74, 6) is -0.164. The minimum Gasteiger partial charge on any atom is -0.359 e. The summed E-state index contributed by atoms with van der Waals surface area (Å²) in [6.45, 7) is 6.59. The summed E-state index contributed by atoms with van der Waals surface area (Å²) in [5, 5.41) is 14.4. The second-order valence-corrected chi connectivity index (χ2v) is 6.10. The third-order valence-electron chi connectivity index (χ3n) is 3.23. The van der Waals surface area contributed by atoms with Crippen LogP contribution in [0.1, 0.15) is 9.67 Å². The van der Waals surface area contributed by atoms with Gasteiger partial charge in [0, 0.05) is 38.8 Å². The number of nitrogens with one attached hydrogen (secondary N) is 1. The summed E-state index contributed by atoms with van der Waals surface area (Å²) in [4.78, 5) is 26.6. The fraction of sp³-hybridized carbons (Fsp3) is 0.385. The zero-order valence-corrected chi connectivity index (χ0v) is 13.5. The fourth-order valence-corrected chi connectivity index (χ4v) is 3.13. The van der Waals surface area contributed by atoms with Gasteiger partial charge in [-0.25, -0.2) is 0 Å². The molecule has 1 aromatic heterocycles. The van der Waals surface area contributed by atoms with Crippen molar-refractivity contribution in [1.29, 1.82) is 0 Å². The number of piperazine rings is 1. The van der Waals surface area contributed by atoms with E-state index in [1.165, 1.54) is 12.1 Å². The van der Waals surface area contributed by atoms with E-state index in [4.69, 9.17) is 12.2 Å². The predicted molar refractivity (Wildman–Crippen MR) is 89.2 cm³/mol. The van der Waals surface area contributed by atoms with Gasteiger partial charge in [0.2, 0.25) is 0 Å². The monoisotopic (exact) mass is 340 g/mol. The van der Waals surface area contributed by atoms with Crippen LogP contribution in [0, 0.1) is 10.1 Å². The smallest absolute Gasteiger partial charge is 0.324 e. The molecular weight excluding hydrogens is 324 g/mol. The highest BCUT2D eigenvalue weighted by atomic mass is 32.1. The first-order chi connectivity index (χ1) is 10.5. The Bertz CT molecular complexity index is 594. The van der Waals surface area contributed by atoms with E-state index in [0.717, 1.165) is 11.3 Å². The van der Waals surface area contributed by atoms with Crippen LogP contribution in [0.4, 0.5) is 5.00 Å². The van der Waals surface area contributed by atoms with E-state index in [2.05, 4.69) is 11.9 Å². The van der Waals surface area contributed by atoms with Crippen LogP contribution < -0.4 is 5.32 Å². The molecule has 1 amide bonds. The fourth-order valence-electron chi connectivity index (χ4n) is 2.08. The van der Waals surface area contributed by atoms with E-state index >= 15 is 0 Å². The molecule has 1 aromatic rings. The van der Waals surface area contributed by atoms with Crippen LogP contribution in [0.25, 0.3) is 0 Å². The molecule has 1 fully saturated rings. The molecular formula is C13H16N4O3S2. The standard InChI is InChI=1S/C13H16N4O3S2/c1-2-5-14-13(21)16-8-6-15(7-9-16)12(18)10-3-4-11(22-10)17(19)20/h2-4H,1,5-9H2,(H,14,21). The third kappa shape index (κ3) is 3.80. The van der Waals surface area contributed by atoms with Crippen molar-refractivity contribution in [3.8, 4) is 0 Å². The lowest BCUT2D eigenvalue weighted by Gasteiger charge is -2.35. The van der Waals surface area contributed by atoms with E-state index in [9.17, 15) is 14.9 Å². The van der Waals surface area contributed by atoms with Crippen LogP contribution in [0.3, 0.4) is 0 Å². The van der Waals surface area contributed by atoms with Crippen LogP contribution >= 0.6 is 23.6 Å². The molecule has 0 aromatic carbocycles. The Morgan fingerprint density at radius 2 is 2.05 bits per heavy atom. The first-order valence-corrected chi connectivity index (χ1v) is 7.92. The number of nitrogens with zero attached hydrogens (tertiary/aromatic N) is 3. The Morgan fingerprint density at radius 1 is 1.41 bits per heavy atom. The zero-order valence-electron chi connectivity index (χ0n) is 11.9. The van der Waals surface area contributed by atoms with E-state index < -0.39 is 4.92 Å². The zero-order chi connectivity index (χ0) is 16.1. The predicted octanol–water partition coefficient (Wildman–Crippen LogP) is 1.47. The molecule has 9 heteroatoms. The topological polar surface area (TPSA) is 78.7 Å². The molecule has 2 heterocycles. The van der Waals surface area contributed by atoms with Gasteiger partial charge in [0.15, 0.2) is 5.11 Å². The van der Waals surface area contributed by atoms with Gasteiger partial charge in [0.1, 0.15) is 0 Å². The summed E-state index contributed by atoms with van der Waals surface area (Å²) in [5.41, 5.74) is 0. The molecule has 7 nitrogen and oxygen atoms in total. The van der Waals surface area contributed by atoms with Gasteiger partial charge in [-0.1, -0.05) is 17.4 Å². The summed E-state index contributed by atoms with van der Waals surface area (Å²) in [6.07, 6.45) is 1.73. The van der Waals surface area contributed by atoms with Gasteiger partial charge in [-0.3, -0.25) is 14.9 Å². The van der Waals surface area contributed by atoms with Crippen LogP contribution in [0.15, 0.2) is 24.8 Å². The minimum atomic E-state index is -0.483. The van der Waals surface area contributed by atoms with Gasteiger partial charge in [-0.05, 0) is 18.3 Å². The van der Waals surface area contributed by atoms with E-state index in [1.54, 1.807) is 11.0 Å². The first kappa shape index (κ1) is 16.4. The quantitative estimate of drug-likeness (QED) is 0.387. The van der Waals surface area contributed by atoms with Crippen molar-refractivity contribution >= 4 is 39.6 Å². The Balaban J connectivity index is 1.90. The number of amides is 1. The summed E-state index contributed by atoms with van der Waals surface area (Å²) >= 11 is 6.17. The Morgan fingerprint density at radius 3 is 2.59 bits per heavy atom. The highest BCUT2D eigenvalue weighted by Gasteiger charge is 2.25. The number of hydrogen-bond donors (Lipinski definition) is 1. The van der Waals surface area contributed by atoms with Crippen molar-refractivity contribution in [3.05, 3.63) is 39.8 Å². The number of nitro groups is 1. The van der Waals surface area contributed by atoms with Crippen molar-refractivity contribution in [1.82, 2.24) is 15.1 Å². The van der Waals surface area contributed by atoms with Gasteiger partial charge >= 0.3 is 5.00 Å². The Hall–Kier alpha value is -2.00. The first-order valence-electron chi connectivity index (χ1n) is 6.70. The maximum absolute atomic E-state index is 12.3. The molecule has 1 aliphatic heterocycles. The molecule has 0 radical (unpaired) electrons. The van der Waals surface area contributed by atoms with Crippen LogP contribution in [0.5, 0.6) is 0 Å². The number of hydrogen-bond acceptors (Lipinski definition) is 5. The SMILES string of the molecule is C=CCNC(=S)N1CCN(C(=O)c2ccc([N+](=O)[O-])s2)CC1. The van der Waals surface area contributed by atoms with Crippen LogP contribution in [0.2, 0.25) is 0 Å². The Kier molecular flexibility index (Phi) is 5.45. The second-order valence-electron chi connectivity index (χ2n) is 4.65. The average molecular weight is 340 g/mol. The molecule has 1 saturated heterocycles. The van der Waals surface area contributed by atoms with Gasteiger partial charge in [-0.2, -0.15) is 0 Å². The van der Waals surface area contributed by atoms with Crippen molar-refractivity contribution in [2.75, 3.05) is 32.7 Å². The van der Waals surface area contributed by atoms with Crippen LogP contribution in [-0.2, 0) is 0 Å². The van der Waals surface area contributed by atoms with Gasteiger partial charge in [0.05, 0.1) is 9.80 Å². The van der Waals surface area contributed by atoms with E-state index in [1.807, 2.05) is 4.90 Å². The minimum absolute atomic E-state index is 0.0169. The number of rotatable bonds is 4. The molecule has 0 bridgehead atoms. The van der Waals surface area contributed by atoms with Crippen molar-refractivity contribution in [2.24, 2.45) is 0 Å². The van der Waals surface area contributed by atoms with Crippen molar-refractivity contribution < 1.29 is 9.72 Å². The van der Waals surface area contributed by atoms with Gasteiger partial charge < -0.3 is 15.1 Å². The highest BCUT2D eigenvalue weighted by molar-refractivity contribution is 7.80. The number of thiocarbonyl (C=S) groups is 1. The van der Waals surface area contributed by atoms with E-state index in [0.29, 0.717) is 42.7 Å². The number of carbonyl (C=O) groups is 1. The number of thiophene rings is 1. The van der Waals surface area contributed by atoms with Crippen molar-refractivity contribution in [2.45, 2.75) is 0 Å². The lowest BCUT2D eigenvalue weighted by Crippen LogP contribution is -2.53. The summed E-state index contributed by atoms with van der Waals surface area (Å²) in [6, 6.07) is 2.87. The molecule has 0 saturated carbocycles. The molecule has 2 rings (SSSR count). The third-order valence-corrected chi connectivity index (χ3v) is 4.66. The molecule has 1 N–H and O–H groups in total. The molecule has 0 spiro atoms. The van der Waals surface area contributed by atoms with Gasteiger partial charge in [-0.15, -0.1) is 6.58 Å². The summed E-state index contributed by atoms with van der Waals surface area (Å²) in [7, 11) is 0. The highest BCUT2D eigenvalue weighted by Crippen LogP contribution is 2.25. The van der Waals surface area contributed by atoms with E-state index in [-0.39, 0.29) is 10.9 Å². The summed E-state index contributed by atoms with van der Waals surface area (Å²) < 4.78 is 0. The second kappa shape index (κ2) is 7.32. The maximum Gasteiger partial charge on any atom is 0.324 e. The molecule has 0 unspecified atom stereocenters. The normalized spacial score (nSPS) is 14.5. The van der Waals surface area contributed by atoms with Crippen LogP contribution in [-0.4, -0.2) is 58.5 Å².